The summed E-state index contributed by atoms with van der Waals surface area (Å²) >= 11 is 1.80. The van der Waals surface area contributed by atoms with E-state index in [1.54, 1.807) is 11.3 Å². The van der Waals surface area contributed by atoms with Gasteiger partial charge in [-0.3, -0.25) is 4.98 Å². The van der Waals surface area contributed by atoms with Crippen LogP contribution >= 0.6 is 11.3 Å². The van der Waals surface area contributed by atoms with Crippen molar-refractivity contribution in [1.29, 1.82) is 0 Å². The molecule has 0 aromatic carbocycles. The summed E-state index contributed by atoms with van der Waals surface area (Å²) in [6.07, 6.45) is 14.5. The molecule has 2 rings (SSSR count). The predicted octanol–water partition coefficient (Wildman–Crippen LogP) is 4.41. The van der Waals surface area contributed by atoms with E-state index in [4.69, 9.17) is 0 Å². The van der Waals surface area contributed by atoms with E-state index in [1.165, 1.54) is 62.7 Å². The first kappa shape index (κ1) is 15.0. The predicted molar refractivity (Wildman–Crippen MR) is 83.7 cm³/mol. The highest BCUT2D eigenvalue weighted by atomic mass is 32.1. The molecule has 2 nitrogen and oxygen atoms in total. The lowest BCUT2D eigenvalue weighted by Crippen LogP contribution is -2.33. The Morgan fingerprint density at radius 1 is 1.32 bits per heavy atom. The zero-order chi connectivity index (χ0) is 13.3. The van der Waals surface area contributed by atoms with Gasteiger partial charge >= 0.3 is 0 Å². The Labute approximate surface area is 122 Å². The lowest BCUT2D eigenvalue weighted by atomic mass is 9.91. The number of nitrogens with zero attached hydrogens (tertiary/aromatic N) is 1. The van der Waals surface area contributed by atoms with Gasteiger partial charge in [-0.15, -0.1) is 11.3 Å². The van der Waals surface area contributed by atoms with Gasteiger partial charge in [-0.1, -0.05) is 45.4 Å². The van der Waals surface area contributed by atoms with Gasteiger partial charge < -0.3 is 5.32 Å². The zero-order valence-corrected chi connectivity index (χ0v) is 13.1. The molecule has 0 radical (unpaired) electrons. The third kappa shape index (κ3) is 5.62. The maximum atomic E-state index is 4.21. The number of aromatic nitrogens is 1. The summed E-state index contributed by atoms with van der Waals surface area (Å²) in [6.45, 7) is 3.40. The van der Waals surface area contributed by atoms with Crippen molar-refractivity contribution in [2.24, 2.45) is 5.92 Å². The number of hydrogen-bond donors (Lipinski definition) is 1. The molecule has 0 aliphatic heterocycles. The first-order chi connectivity index (χ1) is 9.38. The highest BCUT2D eigenvalue weighted by molar-refractivity contribution is 7.09. The molecular formula is C16H28N2S. The number of rotatable bonds is 7. The minimum Gasteiger partial charge on any atom is -0.314 e. The summed E-state index contributed by atoms with van der Waals surface area (Å²) in [5, 5.41) is 3.75. The molecule has 0 spiro atoms. The Kier molecular flexibility index (Phi) is 6.86. The van der Waals surface area contributed by atoms with Crippen molar-refractivity contribution in [3.05, 3.63) is 16.6 Å². The molecular weight excluding hydrogens is 252 g/mol. The first-order valence-corrected chi connectivity index (χ1v) is 8.87. The maximum Gasteiger partial charge on any atom is 0.0794 e. The lowest BCUT2D eigenvalue weighted by Gasteiger charge is -2.23. The molecule has 0 saturated heterocycles. The molecule has 1 aliphatic rings. The fourth-order valence-electron chi connectivity index (χ4n) is 3.18. The summed E-state index contributed by atoms with van der Waals surface area (Å²) in [4.78, 5) is 5.64. The van der Waals surface area contributed by atoms with Crippen LogP contribution in [0.2, 0.25) is 0 Å². The van der Waals surface area contributed by atoms with Crippen LogP contribution in [0, 0.1) is 5.92 Å². The van der Waals surface area contributed by atoms with Gasteiger partial charge in [0.25, 0.3) is 0 Å². The Morgan fingerprint density at radius 2 is 2.11 bits per heavy atom. The Hall–Kier alpha value is -0.410. The van der Waals surface area contributed by atoms with Crippen LogP contribution in [-0.2, 0) is 6.42 Å². The molecule has 1 atom stereocenters. The van der Waals surface area contributed by atoms with Crippen LogP contribution in [0.25, 0.3) is 0 Å². The lowest BCUT2D eigenvalue weighted by molar-refractivity contribution is 0.350. The maximum absolute atomic E-state index is 4.21. The second-order valence-corrected chi connectivity index (χ2v) is 6.89. The Balaban J connectivity index is 1.84. The van der Waals surface area contributed by atoms with Crippen LogP contribution in [0.1, 0.15) is 63.2 Å². The van der Waals surface area contributed by atoms with Crippen LogP contribution < -0.4 is 5.32 Å². The van der Waals surface area contributed by atoms with Crippen molar-refractivity contribution in [3.63, 3.8) is 0 Å². The largest absolute Gasteiger partial charge is 0.314 e. The van der Waals surface area contributed by atoms with Crippen LogP contribution in [0.3, 0.4) is 0 Å². The topological polar surface area (TPSA) is 24.9 Å². The molecule has 1 aliphatic carbocycles. The van der Waals surface area contributed by atoms with Gasteiger partial charge in [0.15, 0.2) is 0 Å². The van der Waals surface area contributed by atoms with E-state index in [0.717, 1.165) is 12.5 Å². The van der Waals surface area contributed by atoms with E-state index >= 15 is 0 Å². The van der Waals surface area contributed by atoms with Gasteiger partial charge in [0.1, 0.15) is 0 Å². The van der Waals surface area contributed by atoms with E-state index in [2.05, 4.69) is 17.2 Å². The van der Waals surface area contributed by atoms with E-state index in [1.807, 2.05) is 11.7 Å². The molecule has 19 heavy (non-hydrogen) atoms. The highest BCUT2D eigenvalue weighted by Gasteiger charge is 2.18. The van der Waals surface area contributed by atoms with Crippen molar-refractivity contribution in [3.8, 4) is 0 Å². The Morgan fingerprint density at radius 3 is 2.74 bits per heavy atom. The third-order valence-corrected chi connectivity index (χ3v) is 5.01. The fourth-order valence-corrected chi connectivity index (χ4v) is 3.85. The van der Waals surface area contributed by atoms with Gasteiger partial charge in [-0.05, 0) is 31.7 Å². The normalized spacial score (nSPS) is 19.2. The third-order valence-electron chi connectivity index (χ3n) is 4.21. The first-order valence-electron chi connectivity index (χ1n) is 7.99. The quantitative estimate of drug-likeness (QED) is 0.748. The fraction of sp³-hybridized carbons (Fsp3) is 0.812. The van der Waals surface area contributed by atoms with Crippen molar-refractivity contribution >= 4 is 11.3 Å². The van der Waals surface area contributed by atoms with Gasteiger partial charge in [-0.2, -0.15) is 0 Å². The molecule has 108 valence electrons. The zero-order valence-electron chi connectivity index (χ0n) is 12.2. The van der Waals surface area contributed by atoms with Crippen LogP contribution in [0.15, 0.2) is 11.7 Å². The summed E-state index contributed by atoms with van der Waals surface area (Å²) < 4.78 is 0. The molecule has 1 aromatic heterocycles. The van der Waals surface area contributed by atoms with Crippen LogP contribution in [0.5, 0.6) is 0 Å². The van der Waals surface area contributed by atoms with Crippen molar-refractivity contribution in [1.82, 2.24) is 10.3 Å². The van der Waals surface area contributed by atoms with E-state index in [-0.39, 0.29) is 0 Å². The van der Waals surface area contributed by atoms with E-state index < -0.39 is 0 Å². The molecule has 0 bridgehead atoms. The summed E-state index contributed by atoms with van der Waals surface area (Å²) in [6, 6.07) is 0.656. The van der Waals surface area contributed by atoms with Crippen molar-refractivity contribution < 1.29 is 0 Å². The minimum atomic E-state index is 0.656. The average Bonchev–Trinajstić information content (AvgIpc) is 2.79. The van der Waals surface area contributed by atoms with Crippen LogP contribution in [-0.4, -0.2) is 17.6 Å². The van der Waals surface area contributed by atoms with Gasteiger partial charge in [-0.25, -0.2) is 0 Å². The molecule has 0 amide bonds. The summed E-state index contributed by atoms with van der Waals surface area (Å²) in [5.41, 5.74) is 1.96. The second-order valence-electron chi connectivity index (χ2n) is 5.92. The molecule has 3 heteroatoms. The van der Waals surface area contributed by atoms with Gasteiger partial charge in [0.05, 0.1) is 5.51 Å². The minimum absolute atomic E-state index is 0.656. The monoisotopic (exact) mass is 280 g/mol. The molecule has 1 N–H and O–H groups in total. The number of nitrogens with one attached hydrogen (secondary N) is 1. The number of thiazole rings is 1. The summed E-state index contributed by atoms with van der Waals surface area (Å²) in [7, 11) is 0. The molecule has 1 unspecified atom stereocenters. The van der Waals surface area contributed by atoms with Crippen LogP contribution in [0.4, 0.5) is 0 Å². The average molecular weight is 280 g/mol. The smallest absolute Gasteiger partial charge is 0.0794 e. The standard InChI is InChI=1S/C16H28N2S/c1-2-9-18-15(11-16-12-17-13-19-16)10-14-7-5-3-4-6-8-14/h12-15,18H,2-11H2,1H3. The van der Waals surface area contributed by atoms with Gasteiger partial charge in [0.2, 0.25) is 0 Å². The summed E-state index contributed by atoms with van der Waals surface area (Å²) in [5.74, 6) is 0.949. The SMILES string of the molecule is CCCNC(Cc1cncs1)CC1CCCCCC1. The molecule has 1 saturated carbocycles. The van der Waals surface area contributed by atoms with Crippen molar-refractivity contribution in [2.45, 2.75) is 70.8 Å². The van der Waals surface area contributed by atoms with E-state index in [0.29, 0.717) is 6.04 Å². The van der Waals surface area contributed by atoms with Gasteiger partial charge in [0, 0.05) is 17.1 Å². The Bertz CT molecular complexity index is 315. The second kappa shape index (κ2) is 8.70. The molecule has 1 aromatic rings. The highest BCUT2D eigenvalue weighted by Crippen LogP contribution is 2.27. The molecule has 1 heterocycles. The van der Waals surface area contributed by atoms with Crippen molar-refractivity contribution in [2.75, 3.05) is 6.54 Å². The van der Waals surface area contributed by atoms with E-state index in [9.17, 15) is 0 Å². The number of hydrogen-bond acceptors (Lipinski definition) is 3. The molecule has 1 fully saturated rings.